The van der Waals surface area contributed by atoms with Crippen LogP contribution in [-0.2, 0) is 4.79 Å². The van der Waals surface area contributed by atoms with Gasteiger partial charge in [0, 0.05) is 4.90 Å². The third kappa shape index (κ3) is 5.14. The summed E-state index contributed by atoms with van der Waals surface area (Å²) in [5, 5.41) is 3.17. The number of carbonyl (C=O) groups excluding carboxylic acids is 1. The number of benzene rings is 2. The van der Waals surface area contributed by atoms with Crippen LogP contribution in [0.25, 0.3) is 0 Å². The molecule has 0 aliphatic rings. The molecule has 0 fully saturated rings. The highest BCUT2D eigenvalue weighted by Gasteiger charge is 2.14. The van der Waals surface area contributed by atoms with Gasteiger partial charge in [-0.1, -0.05) is 48.4 Å². The highest BCUT2D eigenvalue weighted by Crippen LogP contribution is 2.23. The van der Waals surface area contributed by atoms with E-state index < -0.39 is 0 Å². The molecule has 0 aliphatic heterocycles. The van der Waals surface area contributed by atoms with E-state index in [0.29, 0.717) is 5.75 Å². The Kier molecular flexibility index (Phi) is 6.28. The van der Waals surface area contributed by atoms with E-state index in [2.05, 4.69) is 75.5 Å². The van der Waals surface area contributed by atoms with E-state index in [-0.39, 0.29) is 11.9 Å². The summed E-state index contributed by atoms with van der Waals surface area (Å²) >= 11 is 1.58. The fraction of sp³-hybridized carbons (Fsp3) is 0.350. The predicted octanol–water partition coefficient (Wildman–Crippen LogP) is 4.97. The molecule has 122 valence electrons. The molecular formula is C20H25NOS. The first-order valence-corrected chi connectivity index (χ1v) is 9.04. The van der Waals surface area contributed by atoms with Crippen LogP contribution in [0, 0.1) is 20.8 Å². The Morgan fingerprint density at radius 1 is 1.04 bits per heavy atom. The Balaban J connectivity index is 1.95. The van der Waals surface area contributed by atoms with Crippen LogP contribution in [0.15, 0.2) is 47.4 Å². The van der Waals surface area contributed by atoms with Gasteiger partial charge in [0.15, 0.2) is 0 Å². The molecule has 2 aromatic rings. The van der Waals surface area contributed by atoms with Crippen molar-refractivity contribution in [3.8, 4) is 0 Å². The highest BCUT2D eigenvalue weighted by atomic mass is 32.2. The van der Waals surface area contributed by atoms with E-state index in [1.165, 1.54) is 22.3 Å². The van der Waals surface area contributed by atoms with E-state index >= 15 is 0 Å². The quantitative estimate of drug-likeness (QED) is 0.759. The fourth-order valence-electron chi connectivity index (χ4n) is 2.64. The maximum atomic E-state index is 12.3. The number of aryl methyl sites for hydroxylation is 3. The molecule has 2 rings (SSSR count). The average molecular weight is 327 g/mol. The summed E-state index contributed by atoms with van der Waals surface area (Å²) in [6.45, 7) is 8.38. The van der Waals surface area contributed by atoms with Crippen molar-refractivity contribution < 1.29 is 4.79 Å². The molecule has 2 aromatic carbocycles. The van der Waals surface area contributed by atoms with Gasteiger partial charge in [0.05, 0.1) is 11.8 Å². The predicted molar refractivity (Wildman–Crippen MR) is 99.0 cm³/mol. The minimum atomic E-state index is 0.0849. The van der Waals surface area contributed by atoms with Gasteiger partial charge in [-0.05, 0) is 50.5 Å². The molecule has 23 heavy (non-hydrogen) atoms. The van der Waals surface area contributed by atoms with Crippen molar-refractivity contribution in [2.24, 2.45) is 0 Å². The smallest absolute Gasteiger partial charge is 0.230 e. The molecule has 0 radical (unpaired) electrons. The maximum Gasteiger partial charge on any atom is 0.230 e. The molecule has 0 heterocycles. The van der Waals surface area contributed by atoms with Gasteiger partial charge in [-0.25, -0.2) is 0 Å². The van der Waals surface area contributed by atoms with Gasteiger partial charge in [0.2, 0.25) is 5.91 Å². The number of hydrogen-bond donors (Lipinski definition) is 1. The summed E-state index contributed by atoms with van der Waals surface area (Å²) in [7, 11) is 0. The van der Waals surface area contributed by atoms with Gasteiger partial charge >= 0.3 is 0 Å². The average Bonchev–Trinajstić information content (AvgIpc) is 2.52. The zero-order chi connectivity index (χ0) is 16.8. The van der Waals surface area contributed by atoms with Crippen LogP contribution in [0.3, 0.4) is 0 Å². The van der Waals surface area contributed by atoms with Crippen molar-refractivity contribution in [3.63, 3.8) is 0 Å². The van der Waals surface area contributed by atoms with Gasteiger partial charge in [-0.15, -0.1) is 11.8 Å². The molecule has 1 amide bonds. The number of rotatable bonds is 6. The largest absolute Gasteiger partial charge is 0.349 e. The molecule has 3 heteroatoms. The molecule has 0 bridgehead atoms. The minimum Gasteiger partial charge on any atom is -0.349 e. The summed E-state index contributed by atoms with van der Waals surface area (Å²) < 4.78 is 0. The lowest BCUT2D eigenvalue weighted by Crippen LogP contribution is -2.30. The normalized spacial score (nSPS) is 12.0. The molecule has 0 aliphatic carbocycles. The van der Waals surface area contributed by atoms with Crippen molar-refractivity contribution in [1.29, 1.82) is 0 Å². The van der Waals surface area contributed by atoms with Crippen molar-refractivity contribution in [3.05, 3.63) is 64.7 Å². The van der Waals surface area contributed by atoms with Crippen LogP contribution in [0.4, 0.5) is 0 Å². The van der Waals surface area contributed by atoms with Gasteiger partial charge in [-0.3, -0.25) is 4.79 Å². The van der Waals surface area contributed by atoms with E-state index in [1.807, 2.05) is 0 Å². The second-order valence-corrected chi connectivity index (χ2v) is 7.04. The molecule has 1 atom stereocenters. The first kappa shape index (κ1) is 17.6. The molecule has 0 aromatic heterocycles. The number of carbonyl (C=O) groups is 1. The van der Waals surface area contributed by atoms with E-state index in [1.54, 1.807) is 11.8 Å². The summed E-state index contributed by atoms with van der Waals surface area (Å²) in [5.41, 5.74) is 4.94. The third-order valence-corrected chi connectivity index (χ3v) is 4.95. The molecule has 0 unspecified atom stereocenters. The number of amides is 1. The third-order valence-electron chi connectivity index (χ3n) is 3.94. The highest BCUT2D eigenvalue weighted by molar-refractivity contribution is 8.00. The second-order valence-electron chi connectivity index (χ2n) is 5.99. The first-order valence-electron chi connectivity index (χ1n) is 8.05. The Bertz CT molecular complexity index is 664. The molecular weight excluding hydrogens is 302 g/mol. The summed E-state index contributed by atoms with van der Waals surface area (Å²) in [6.07, 6.45) is 0.894. The summed E-state index contributed by atoms with van der Waals surface area (Å²) in [6, 6.07) is 14.8. The lowest BCUT2D eigenvalue weighted by molar-refractivity contribution is -0.119. The van der Waals surface area contributed by atoms with Gasteiger partial charge in [0.25, 0.3) is 0 Å². The number of hydrogen-bond acceptors (Lipinski definition) is 2. The Morgan fingerprint density at radius 2 is 1.70 bits per heavy atom. The molecule has 0 spiro atoms. The standard InChI is InChI=1S/C20H25NOS/c1-5-19(18-11-8-15(3)12-16(18)4)21-20(22)13-23-17-9-6-14(2)7-10-17/h6-12,19H,5,13H2,1-4H3,(H,21,22)/t19-/m0/s1. The summed E-state index contributed by atoms with van der Waals surface area (Å²) in [5.74, 6) is 0.534. The molecule has 0 saturated carbocycles. The van der Waals surface area contributed by atoms with Crippen molar-refractivity contribution in [1.82, 2.24) is 5.32 Å². The molecule has 0 saturated heterocycles. The van der Waals surface area contributed by atoms with Gasteiger partial charge < -0.3 is 5.32 Å². The molecule has 2 nitrogen and oxygen atoms in total. The van der Waals surface area contributed by atoms with Crippen LogP contribution in [0.1, 0.15) is 41.6 Å². The van der Waals surface area contributed by atoms with Crippen LogP contribution < -0.4 is 5.32 Å². The lowest BCUT2D eigenvalue weighted by atomic mass is 9.97. The van der Waals surface area contributed by atoms with Crippen molar-refractivity contribution in [2.75, 3.05) is 5.75 Å². The Hall–Kier alpha value is -1.74. The van der Waals surface area contributed by atoms with E-state index in [4.69, 9.17) is 0 Å². The number of thioether (sulfide) groups is 1. The van der Waals surface area contributed by atoms with Crippen LogP contribution >= 0.6 is 11.8 Å². The SMILES string of the molecule is CC[C@H](NC(=O)CSc1ccc(C)cc1)c1ccc(C)cc1C. The Labute approximate surface area is 143 Å². The maximum absolute atomic E-state index is 12.3. The van der Waals surface area contributed by atoms with Gasteiger partial charge in [-0.2, -0.15) is 0 Å². The fourth-order valence-corrected chi connectivity index (χ4v) is 3.35. The van der Waals surface area contributed by atoms with E-state index in [9.17, 15) is 4.79 Å². The van der Waals surface area contributed by atoms with Crippen LogP contribution in [0.5, 0.6) is 0 Å². The second kappa shape index (κ2) is 8.21. The van der Waals surface area contributed by atoms with Gasteiger partial charge in [0.1, 0.15) is 0 Å². The van der Waals surface area contributed by atoms with E-state index in [0.717, 1.165) is 11.3 Å². The van der Waals surface area contributed by atoms with Crippen LogP contribution in [0.2, 0.25) is 0 Å². The summed E-state index contributed by atoms with van der Waals surface area (Å²) in [4.78, 5) is 13.4. The zero-order valence-corrected chi connectivity index (χ0v) is 15.2. The topological polar surface area (TPSA) is 29.1 Å². The first-order chi connectivity index (χ1) is 11.0. The lowest BCUT2D eigenvalue weighted by Gasteiger charge is -2.20. The monoisotopic (exact) mass is 327 g/mol. The number of nitrogens with one attached hydrogen (secondary N) is 1. The van der Waals surface area contributed by atoms with Crippen LogP contribution in [-0.4, -0.2) is 11.7 Å². The zero-order valence-electron chi connectivity index (χ0n) is 14.3. The molecule has 1 N–H and O–H groups in total. The Morgan fingerprint density at radius 3 is 2.30 bits per heavy atom. The van der Waals surface area contributed by atoms with Crippen molar-refractivity contribution in [2.45, 2.75) is 45.1 Å². The minimum absolute atomic E-state index is 0.0849. The van der Waals surface area contributed by atoms with Crippen molar-refractivity contribution >= 4 is 17.7 Å².